The highest BCUT2D eigenvalue weighted by molar-refractivity contribution is 5.45. The third kappa shape index (κ3) is 4.13. The van der Waals surface area contributed by atoms with Gasteiger partial charge in [-0.25, -0.2) is 0 Å². The molecule has 4 nitrogen and oxygen atoms in total. The number of nitrogens with zero attached hydrogens (tertiary/aromatic N) is 2. The highest BCUT2D eigenvalue weighted by atomic mass is 16.7. The molecule has 0 N–H and O–H groups in total. The molecule has 1 fully saturated rings. The summed E-state index contributed by atoms with van der Waals surface area (Å²) in [6.45, 7) is 9.19. The van der Waals surface area contributed by atoms with Crippen molar-refractivity contribution in [1.29, 1.82) is 0 Å². The van der Waals surface area contributed by atoms with Crippen LogP contribution in [0.25, 0.3) is 0 Å². The summed E-state index contributed by atoms with van der Waals surface area (Å²) in [5.41, 5.74) is 4.04. The second-order valence-corrected chi connectivity index (χ2v) is 9.14. The van der Waals surface area contributed by atoms with Crippen molar-refractivity contribution >= 4 is 0 Å². The van der Waals surface area contributed by atoms with E-state index in [1.54, 1.807) is 0 Å². The molecular formula is C28H32N2O2. The Balaban J connectivity index is 1.46. The molecule has 0 bridgehead atoms. The van der Waals surface area contributed by atoms with Gasteiger partial charge in [-0.05, 0) is 48.7 Å². The zero-order chi connectivity index (χ0) is 22.0. The van der Waals surface area contributed by atoms with Crippen molar-refractivity contribution in [3.8, 4) is 11.5 Å². The Bertz CT molecular complexity index is 1000. The van der Waals surface area contributed by atoms with E-state index >= 15 is 0 Å². The molecule has 1 unspecified atom stereocenters. The standard InChI is InChI=1S/C28H32N2O2/c1-3-30-17-16-29(27(23-10-6-4-7-11-23)24-12-8-5-9-13-24)20-28(30,2)19-22-14-15-25-26(18-22)32-21-31-25/h4-15,18,27H,3,16-17,19-21H2,1-2H3. The lowest BCUT2D eigenvalue weighted by atomic mass is 9.86. The smallest absolute Gasteiger partial charge is 0.231 e. The number of likely N-dealkylation sites (N-methyl/N-ethyl adjacent to an activating group) is 1. The molecule has 3 aromatic rings. The van der Waals surface area contributed by atoms with E-state index in [0.717, 1.165) is 44.1 Å². The zero-order valence-electron chi connectivity index (χ0n) is 19.0. The zero-order valence-corrected chi connectivity index (χ0v) is 19.0. The van der Waals surface area contributed by atoms with Crippen molar-refractivity contribution in [2.75, 3.05) is 33.0 Å². The first kappa shape index (κ1) is 21.0. The molecule has 3 aromatic carbocycles. The molecular weight excluding hydrogens is 396 g/mol. The number of rotatable bonds is 6. The first-order valence-corrected chi connectivity index (χ1v) is 11.6. The predicted octanol–water partition coefficient (Wildman–Crippen LogP) is 5.14. The van der Waals surface area contributed by atoms with Crippen molar-refractivity contribution in [2.45, 2.75) is 31.8 Å². The monoisotopic (exact) mass is 428 g/mol. The van der Waals surface area contributed by atoms with Crippen LogP contribution in [0.5, 0.6) is 11.5 Å². The molecule has 0 aromatic heterocycles. The molecule has 5 rings (SSSR count). The van der Waals surface area contributed by atoms with Gasteiger partial charge < -0.3 is 9.47 Å². The SMILES string of the molecule is CCN1CCN(C(c2ccccc2)c2ccccc2)CC1(C)Cc1ccc2c(c1)OCO2. The fraction of sp³-hybridized carbons (Fsp3) is 0.357. The van der Waals surface area contributed by atoms with E-state index in [2.05, 4.69) is 103 Å². The van der Waals surface area contributed by atoms with Crippen molar-refractivity contribution in [3.63, 3.8) is 0 Å². The van der Waals surface area contributed by atoms with Gasteiger partial charge in [0, 0.05) is 25.2 Å². The van der Waals surface area contributed by atoms with Crippen LogP contribution in [-0.2, 0) is 6.42 Å². The van der Waals surface area contributed by atoms with E-state index in [4.69, 9.17) is 9.47 Å². The van der Waals surface area contributed by atoms with Gasteiger partial charge in [0.25, 0.3) is 0 Å². The molecule has 0 spiro atoms. The average molecular weight is 429 g/mol. The minimum absolute atomic E-state index is 0.0303. The van der Waals surface area contributed by atoms with E-state index in [0.29, 0.717) is 6.79 Å². The van der Waals surface area contributed by atoms with Crippen LogP contribution in [0.4, 0.5) is 0 Å². The molecule has 2 heterocycles. The maximum absolute atomic E-state index is 5.64. The lowest BCUT2D eigenvalue weighted by molar-refractivity contribution is -0.000966. The van der Waals surface area contributed by atoms with Crippen LogP contribution < -0.4 is 9.47 Å². The van der Waals surface area contributed by atoms with Crippen molar-refractivity contribution in [3.05, 3.63) is 95.6 Å². The van der Waals surface area contributed by atoms with Gasteiger partial charge in [0.2, 0.25) is 6.79 Å². The summed E-state index contributed by atoms with van der Waals surface area (Å²) in [5, 5.41) is 0. The van der Waals surface area contributed by atoms with Crippen LogP contribution in [0.1, 0.15) is 36.6 Å². The molecule has 1 saturated heterocycles. The van der Waals surface area contributed by atoms with Gasteiger partial charge in [0.1, 0.15) is 0 Å². The van der Waals surface area contributed by atoms with Crippen molar-refractivity contribution in [1.82, 2.24) is 9.80 Å². The largest absolute Gasteiger partial charge is 0.454 e. The number of benzene rings is 3. The van der Waals surface area contributed by atoms with E-state index < -0.39 is 0 Å². The molecule has 0 saturated carbocycles. The Morgan fingerprint density at radius 3 is 2.16 bits per heavy atom. The second kappa shape index (κ2) is 8.97. The summed E-state index contributed by atoms with van der Waals surface area (Å²) < 4.78 is 11.2. The number of fused-ring (bicyclic) bond motifs is 1. The van der Waals surface area contributed by atoms with Gasteiger partial charge in [-0.1, -0.05) is 73.7 Å². The van der Waals surface area contributed by atoms with Crippen LogP contribution in [0.15, 0.2) is 78.9 Å². The summed E-state index contributed by atoms with van der Waals surface area (Å²) in [6.07, 6.45) is 0.976. The van der Waals surface area contributed by atoms with Crippen LogP contribution in [0.3, 0.4) is 0 Å². The van der Waals surface area contributed by atoms with E-state index in [1.165, 1.54) is 16.7 Å². The molecule has 166 valence electrons. The summed E-state index contributed by atoms with van der Waals surface area (Å²) in [6, 6.07) is 28.5. The van der Waals surface area contributed by atoms with Crippen LogP contribution >= 0.6 is 0 Å². The van der Waals surface area contributed by atoms with Gasteiger partial charge in [-0.2, -0.15) is 0 Å². The van der Waals surface area contributed by atoms with E-state index in [1.807, 2.05) is 0 Å². The van der Waals surface area contributed by atoms with Crippen LogP contribution in [0, 0.1) is 0 Å². The van der Waals surface area contributed by atoms with Gasteiger partial charge in [0.05, 0.1) is 6.04 Å². The molecule has 0 amide bonds. The highest BCUT2D eigenvalue weighted by Gasteiger charge is 2.40. The Labute approximate surface area is 191 Å². The van der Waals surface area contributed by atoms with Crippen molar-refractivity contribution < 1.29 is 9.47 Å². The van der Waals surface area contributed by atoms with Gasteiger partial charge >= 0.3 is 0 Å². The molecule has 0 radical (unpaired) electrons. The van der Waals surface area contributed by atoms with E-state index in [9.17, 15) is 0 Å². The lowest BCUT2D eigenvalue weighted by Crippen LogP contribution is -2.62. The molecule has 2 aliphatic rings. The van der Waals surface area contributed by atoms with Gasteiger partial charge in [0.15, 0.2) is 11.5 Å². The minimum Gasteiger partial charge on any atom is -0.454 e. The molecule has 1 atom stereocenters. The second-order valence-electron chi connectivity index (χ2n) is 9.14. The summed E-state index contributed by atoms with van der Waals surface area (Å²) >= 11 is 0. The highest BCUT2D eigenvalue weighted by Crippen LogP contribution is 2.37. The first-order chi connectivity index (χ1) is 15.7. The Kier molecular flexibility index (Phi) is 5.90. The Morgan fingerprint density at radius 1 is 0.844 bits per heavy atom. The summed E-state index contributed by atoms with van der Waals surface area (Å²) in [5.74, 6) is 1.72. The van der Waals surface area contributed by atoms with Crippen LogP contribution in [0.2, 0.25) is 0 Å². The van der Waals surface area contributed by atoms with Crippen molar-refractivity contribution in [2.24, 2.45) is 0 Å². The average Bonchev–Trinajstić information content (AvgIpc) is 3.28. The maximum Gasteiger partial charge on any atom is 0.231 e. The topological polar surface area (TPSA) is 24.9 Å². The number of hydrogen-bond acceptors (Lipinski definition) is 4. The number of ether oxygens (including phenoxy) is 2. The van der Waals surface area contributed by atoms with Gasteiger partial charge in [-0.15, -0.1) is 0 Å². The summed E-state index contributed by atoms with van der Waals surface area (Å²) in [7, 11) is 0. The minimum atomic E-state index is 0.0303. The fourth-order valence-corrected chi connectivity index (χ4v) is 5.44. The quantitative estimate of drug-likeness (QED) is 0.543. The molecule has 4 heteroatoms. The van der Waals surface area contributed by atoms with E-state index in [-0.39, 0.29) is 11.6 Å². The Hall–Kier alpha value is -2.82. The molecule has 0 aliphatic carbocycles. The van der Waals surface area contributed by atoms with Crippen LogP contribution in [-0.4, -0.2) is 48.3 Å². The number of hydrogen-bond donors (Lipinski definition) is 0. The fourth-order valence-electron chi connectivity index (χ4n) is 5.44. The third-order valence-electron chi connectivity index (χ3n) is 6.96. The molecule has 32 heavy (non-hydrogen) atoms. The summed E-state index contributed by atoms with van der Waals surface area (Å²) in [4.78, 5) is 5.31. The number of piperazine rings is 1. The molecule has 2 aliphatic heterocycles. The Morgan fingerprint density at radius 2 is 1.50 bits per heavy atom. The maximum atomic E-state index is 5.64. The third-order valence-corrected chi connectivity index (χ3v) is 6.96. The predicted molar refractivity (Wildman–Crippen MR) is 128 cm³/mol. The van der Waals surface area contributed by atoms with Gasteiger partial charge in [-0.3, -0.25) is 9.80 Å². The normalized spacial score (nSPS) is 21.2. The lowest BCUT2D eigenvalue weighted by Gasteiger charge is -2.51. The first-order valence-electron chi connectivity index (χ1n) is 11.6.